The van der Waals surface area contributed by atoms with Gasteiger partial charge in [-0.1, -0.05) is 12.1 Å². The van der Waals surface area contributed by atoms with Crippen LogP contribution in [0.25, 0.3) is 0 Å². The van der Waals surface area contributed by atoms with Crippen molar-refractivity contribution in [2.24, 2.45) is 0 Å². The normalized spacial score (nSPS) is 25.7. The topological polar surface area (TPSA) is 50.8 Å². The third-order valence-corrected chi connectivity index (χ3v) is 4.81. The van der Waals surface area contributed by atoms with E-state index in [2.05, 4.69) is 5.32 Å². The van der Waals surface area contributed by atoms with E-state index in [9.17, 15) is 9.18 Å². The highest BCUT2D eigenvalue weighted by molar-refractivity contribution is 5.75. The van der Waals surface area contributed by atoms with Gasteiger partial charge in [-0.25, -0.2) is 9.18 Å². The van der Waals surface area contributed by atoms with Gasteiger partial charge in [0.2, 0.25) is 0 Å². The number of carbonyl (C=O) groups excluding carboxylic acids is 1. The van der Waals surface area contributed by atoms with Crippen molar-refractivity contribution in [3.8, 4) is 0 Å². The lowest BCUT2D eigenvalue weighted by Crippen LogP contribution is -2.43. The molecular weight excluding hydrogens is 287 g/mol. The van der Waals surface area contributed by atoms with Gasteiger partial charge in [-0.3, -0.25) is 0 Å². The Hall–Kier alpha value is -1.66. The molecule has 118 valence electrons. The highest BCUT2D eigenvalue weighted by Gasteiger charge is 2.45. The Kier molecular flexibility index (Phi) is 3.31. The molecule has 3 aliphatic rings. The standard InChI is InChI=1S/C16H19FN2O3/c17-13-3-1-2-12-11(13)4-5-14(12)18-15(20)19-7-6-16(10-19)21-8-9-22-16/h1-3,14H,4-10H2,(H,18,20)/t14-/m0/s1. The number of halogens is 1. The third kappa shape index (κ3) is 2.27. The molecule has 1 atom stereocenters. The summed E-state index contributed by atoms with van der Waals surface area (Å²) in [4.78, 5) is 14.2. The molecule has 0 saturated carbocycles. The number of rotatable bonds is 1. The van der Waals surface area contributed by atoms with Crippen LogP contribution < -0.4 is 5.32 Å². The van der Waals surface area contributed by atoms with Crippen molar-refractivity contribution in [1.82, 2.24) is 10.2 Å². The van der Waals surface area contributed by atoms with Gasteiger partial charge in [0.15, 0.2) is 5.79 Å². The van der Waals surface area contributed by atoms with Crippen LogP contribution >= 0.6 is 0 Å². The Labute approximate surface area is 128 Å². The van der Waals surface area contributed by atoms with Crippen LogP contribution in [-0.4, -0.2) is 43.0 Å². The van der Waals surface area contributed by atoms with Gasteiger partial charge >= 0.3 is 6.03 Å². The van der Waals surface area contributed by atoms with Crippen LogP contribution in [0.2, 0.25) is 0 Å². The minimum Gasteiger partial charge on any atom is -0.346 e. The summed E-state index contributed by atoms with van der Waals surface area (Å²) < 4.78 is 25.0. The molecular formula is C16H19FN2O3. The zero-order chi connectivity index (χ0) is 15.2. The molecule has 5 nitrogen and oxygen atoms in total. The molecule has 0 unspecified atom stereocenters. The molecule has 1 spiro atoms. The maximum absolute atomic E-state index is 13.7. The quantitative estimate of drug-likeness (QED) is 0.863. The number of nitrogens with zero attached hydrogens (tertiary/aromatic N) is 1. The maximum atomic E-state index is 13.7. The van der Waals surface area contributed by atoms with E-state index in [-0.39, 0.29) is 17.9 Å². The zero-order valence-electron chi connectivity index (χ0n) is 12.3. The second kappa shape index (κ2) is 5.21. The molecule has 2 saturated heterocycles. The average molecular weight is 306 g/mol. The number of benzene rings is 1. The summed E-state index contributed by atoms with van der Waals surface area (Å²) in [6.07, 6.45) is 2.12. The third-order valence-electron chi connectivity index (χ3n) is 4.81. The van der Waals surface area contributed by atoms with Crippen molar-refractivity contribution in [2.75, 3.05) is 26.3 Å². The van der Waals surface area contributed by atoms with Gasteiger partial charge in [-0.15, -0.1) is 0 Å². The van der Waals surface area contributed by atoms with Gasteiger partial charge in [0.1, 0.15) is 5.82 Å². The lowest BCUT2D eigenvalue weighted by molar-refractivity contribution is -0.143. The van der Waals surface area contributed by atoms with Gasteiger partial charge in [0.25, 0.3) is 0 Å². The van der Waals surface area contributed by atoms with E-state index in [0.717, 1.165) is 17.5 Å². The molecule has 2 fully saturated rings. The van der Waals surface area contributed by atoms with Crippen molar-refractivity contribution in [2.45, 2.75) is 31.1 Å². The molecule has 1 aliphatic carbocycles. The predicted molar refractivity (Wildman–Crippen MR) is 76.8 cm³/mol. The fourth-order valence-corrected chi connectivity index (χ4v) is 3.66. The van der Waals surface area contributed by atoms with Crippen LogP contribution in [0.4, 0.5) is 9.18 Å². The van der Waals surface area contributed by atoms with E-state index in [1.54, 1.807) is 11.0 Å². The predicted octanol–water partition coefficient (Wildman–Crippen LogP) is 1.97. The summed E-state index contributed by atoms with van der Waals surface area (Å²) in [6, 6.07) is 4.83. The molecule has 6 heteroatoms. The monoisotopic (exact) mass is 306 g/mol. The number of likely N-dealkylation sites (tertiary alicyclic amines) is 1. The van der Waals surface area contributed by atoms with Gasteiger partial charge < -0.3 is 19.7 Å². The highest BCUT2D eigenvalue weighted by atomic mass is 19.1. The Bertz CT molecular complexity index is 601. The maximum Gasteiger partial charge on any atom is 0.318 e. The Morgan fingerprint density at radius 2 is 2.18 bits per heavy atom. The number of hydrogen-bond donors (Lipinski definition) is 1. The van der Waals surface area contributed by atoms with Gasteiger partial charge in [-0.2, -0.15) is 0 Å². The number of urea groups is 1. The van der Waals surface area contributed by atoms with Crippen LogP contribution in [0.3, 0.4) is 0 Å². The number of carbonyl (C=O) groups is 1. The zero-order valence-corrected chi connectivity index (χ0v) is 12.3. The Morgan fingerprint density at radius 3 is 3.00 bits per heavy atom. The van der Waals surface area contributed by atoms with E-state index >= 15 is 0 Å². The summed E-state index contributed by atoms with van der Waals surface area (Å²) in [5.74, 6) is -0.779. The largest absolute Gasteiger partial charge is 0.346 e. The van der Waals surface area contributed by atoms with Crippen molar-refractivity contribution >= 4 is 6.03 Å². The molecule has 1 N–H and O–H groups in total. The summed E-state index contributed by atoms with van der Waals surface area (Å²) in [6.45, 7) is 2.26. The average Bonchev–Trinajstić information content (AvgIpc) is 3.22. The fourth-order valence-electron chi connectivity index (χ4n) is 3.66. The van der Waals surface area contributed by atoms with Crippen molar-refractivity contribution < 1.29 is 18.7 Å². The van der Waals surface area contributed by atoms with Gasteiger partial charge in [-0.05, 0) is 30.0 Å². The second-order valence-corrected chi connectivity index (χ2v) is 6.13. The van der Waals surface area contributed by atoms with E-state index in [4.69, 9.17) is 9.47 Å². The lowest BCUT2D eigenvalue weighted by Gasteiger charge is -2.24. The minimum atomic E-state index is -0.600. The summed E-state index contributed by atoms with van der Waals surface area (Å²) in [5.41, 5.74) is 1.63. The molecule has 2 aliphatic heterocycles. The fraction of sp³-hybridized carbons (Fsp3) is 0.562. The molecule has 22 heavy (non-hydrogen) atoms. The molecule has 1 aromatic rings. The first-order chi connectivity index (χ1) is 10.7. The van der Waals surface area contributed by atoms with E-state index in [1.165, 1.54) is 6.07 Å². The first-order valence-corrected chi connectivity index (χ1v) is 7.78. The number of hydrogen-bond acceptors (Lipinski definition) is 3. The Balaban J connectivity index is 1.43. The molecule has 2 amide bonds. The lowest BCUT2D eigenvalue weighted by atomic mass is 10.1. The van der Waals surface area contributed by atoms with Gasteiger partial charge in [0.05, 0.1) is 25.8 Å². The Morgan fingerprint density at radius 1 is 1.36 bits per heavy atom. The number of nitrogens with one attached hydrogen (secondary N) is 1. The van der Waals surface area contributed by atoms with E-state index in [0.29, 0.717) is 39.1 Å². The van der Waals surface area contributed by atoms with Crippen LogP contribution in [0, 0.1) is 5.82 Å². The SMILES string of the molecule is O=C(N[C@H]1CCc2c(F)cccc21)N1CCC2(C1)OCCO2. The minimum absolute atomic E-state index is 0.111. The highest BCUT2D eigenvalue weighted by Crippen LogP contribution is 2.34. The summed E-state index contributed by atoms with van der Waals surface area (Å²) in [5, 5.41) is 3.02. The van der Waals surface area contributed by atoms with E-state index in [1.807, 2.05) is 6.07 Å². The van der Waals surface area contributed by atoms with Crippen molar-refractivity contribution in [1.29, 1.82) is 0 Å². The molecule has 0 aromatic heterocycles. The molecule has 2 heterocycles. The summed E-state index contributed by atoms with van der Waals surface area (Å²) >= 11 is 0. The van der Waals surface area contributed by atoms with Crippen LogP contribution in [0.15, 0.2) is 18.2 Å². The van der Waals surface area contributed by atoms with Crippen LogP contribution in [0.5, 0.6) is 0 Å². The smallest absolute Gasteiger partial charge is 0.318 e. The first kappa shape index (κ1) is 14.0. The molecule has 1 aromatic carbocycles. The number of fused-ring (bicyclic) bond motifs is 1. The number of amides is 2. The van der Waals surface area contributed by atoms with Gasteiger partial charge in [0, 0.05) is 13.0 Å². The summed E-state index contributed by atoms with van der Waals surface area (Å²) in [7, 11) is 0. The molecule has 4 rings (SSSR count). The molecule has 0 bridgehead atoms. The first-order valence-electron chi connectivity index (χ1n) is 7.78. The van der Waals surface area contributed by atoms with Crippen molar-refractivity contribution in [3.05, 3.63) is 35.1 Å². The van der Waals surface area contributed by atoms with E-state index < -0.39 is 5.79 Å². The van der Waals surface area contributed by atoms with Crippen LogP contribution in [-0.2, 0) is 15.9 Å². The second-order valence-electron chi connectivity index (χ2n) is 6.13. The number of ether oxygens (including phenoxy) is 2. The van der Waals surface area contributed by atoms with Crippen molar-refractivity contribution in [3.63, 3.8) is 0 Å². The molecule has 0 radical (unpaired) electrons. The van der Waals surface area contributed by atoms with Crippen LogP contribution in [0.1, 0.15) is 30.0 Å².